The third kappa shape index (κ3) is 3.42. The van der Waals surface area contributed by atoms with E-state index in [1.54, 1.807) is 17.5 Å². The van der Waals surface area contributed by atoms with Crippen LogP contribution < -0.4 is 11.1 Å². The van der Waals surface area contributed by atoms with Crippen molar-refractivity contribution in [3.63, 3.8) is 0 Å². The van der Waals surface area contributed by atoms with E-state index in [9.17, 15) is 4.79 Å². The molecule has 2 aromatic rings. The van der Waals surface area contributed by atoms with Gasteiger partial charge in [0.1, 0.15) is 5.15 Å². The van der Waals surface area contributed by atoms with Gasteiger partial charge >= 0.3 is 0 Å². The molecule has 0 saturated heterocycles. The summed E-state index contributed by atoms with van der Waals surface area (Å²) in [6.07, 6.45) is 3.13. The lowest BCUT2D eigenvalue weighted by atomic mass is 10.1. The van der Waals surface area contributed by atoms with Crippen LogP contribution in [-0.2, 0) is 0 Å². The summed E-state index contributed by atoms with van der Waals surface area (Å²) in [5.74, 6) is -0.104. The standard InChI is InChI=1S/C12H13ClN4OS/c1-7(12-15-2-3-19-12)5-17-11(18)8-4-10(13)16-6-9(8)14/h2-4,6-7H,5,14H2,1H3,(H,17,18). The molecule has 19 heavy (non-hydrogen) atoms. The van der Waals surface area contributed by atoms with Crippen LogP contribution in [0.5, 0.6) is 0 Å². The van der Waals surface area contributed by atoms with Gasteiger partial charge in [-0.25, -0.2) is 9.97 Å². The van der Waals surface area contributed by atoms with Crippen molar-refractivity contribution < 1.29 is 4.79 Å². The Hall–Kier alpha value is -1.66. The van der Waals surface area contributed by atoms with Crippen LogP contribution in [0.25, 0.3) is 0 Å². The molecule has 7 heteroatoms. The summed E-state index contributed by atoms with van der Waals surface area (Å²) in [5, 5.41) is 5.96. The maximum atomic E-state index is 12.0. The van der Waals surface area contributed by atoms with Crippen LogP contribution in [0.2, 0.25) is 5.15 Å². The summed E-state index contributed by atoms with van der Waals surface area (Å²) in [5.41, 5.74) is 6.35. The number of nitrogens with zero attached hydrogens (tertiary/aromatic N) is 2. The molecule has 0 aromatic carbocycles. The molecule has 0 aliphatic heterocycles. The number of thiazole rings is 1. The summed E-state index contributed by atoms with van der Waals surface area (Å²) in [6.45, 7) is 2.49. The number of hydrogen-bond acceptors (Lipinski definition) is 5. The largest absolute Gasteiger partial charge is 0.397 e. The van der Waals surface area contributed by atoms with Crippen LogP contribution >= 0.6 is 22.9 Å². The predicted molar refractivity (Wildman–Crippen MR) is 76.5 cm³/mol. The van der Waals surface area contributed by atoms with E-state index in [1.807, 2.05) is 12.3 Å². The minimum atomic E-state index is -0.259. The molecule has 0 spiro atoms. The van der Waals surface area contributed by atoms with Crippen LogP contribution in [0, 0.1) is 0 Å². The Bertz CT molecular complexity index is 573. The van der Waals surface area contributed by atoms with Crippen molar-refractivity contribution in [2.45, 2.75) is 12.8 Å². The Balaban J connectivity index is 2.00. The van der Waals surface area contributed by atoms with Crippen molar-refractivity contribution in [1.29, 1.82) is 0 Å². The van der Waals surface area contributed by atoms with Gasteiger partial charge in [0.2, 0.25) is 0 Å². The smallest absolute Gasteiger partial charge is 0.253 e. The predicted octanol–water partition coefficient (Wildman–Crippen LogP) is 2.31. The number of aromatic nitrogens is 2. The van der Waals surface area contributed by atoms with Crippen LogP contribution in [0.4, 0.5) is 5.69 Å². The Morgan fingerprint density at radius 3 is 3.05 bits per heavy atom. The van der Waals surface area contributed by atoms with Crippen molar-refractivity contribution in [2.24, 2.45) is 0 Å². The molecule has 2 rings (SSSR count). The first kappa shape index (κ1) is 13.8. The molecule has 0 saturated carbocycles. The zero-order valence-electron chi connectivity index (χ0n) is 10.3. The summed E-state index contributed by atoms with van der Waals surface area (Å²) in [6, 6.07) is 1.46. The maximum Gasteiger partial charge on any atom is 0.253 e. The molecule has 100 valence electrons. The first-order valence-electron chi connectivity index (χ1n) is 5.66. The van der Waals surface area contributed by atoms with Crippen LogP contribution in [0.3, 0.4) is 0 Å². The van der Waals surface area contributed by atoms with E-state index < -0.39 is 0 Å². The number of amides is 1. The number of pyridine rings is 1. The molecule has 5 nitrogen and oxygen atoms in total. The van der Waals surface area contributed by atoms with Gasteiger partial charge in [0.25, 0.3) is 5.91 Å². The number of rotatable bonds is 4. The first-order valence-corrected chi connectivity index (χ1v) is 6.92. The SMILES string of the molecule is CC(CNC(=O)c1cc(Cl)ncc1N)c1nccs1. The Morgan fingerprint density at radius 1 is 1.58 bits per heavy atom. The van der Waals surface area contributed by atoms with Gasteiger partial charge in [-0.1, -0.05) is 18.5 Å². The lowest BCUT2D eigenvalue weighted by molar-refractivity contribution is 0.0952. The van der Waals surface area contributed by atoms with Gasteiger partial charge in [-0.05, 0) is 6.07 Å². The fraction of sp³-hybridized carbons (Fsp3) is 0.250. The minimum Gasteiger partial charge on any atom is -0.397 e. The Morgan fingerprint density at radius 2 is 2.37 bits per heavy atom. The van der Waals surface area contributed by atoms with Gasteiger partial charge in [0.05, 0.1) is 22.5 Å². The van der Waals surface area contributed by atoms with Crippen LogP contribution in [0.15, 0.2) is 23.8 Å². The van der Waals surface area contributed by atoms with E-state index >= 15 is 0 Å². The molecule has 2 aromatic heterocycles. The van der Waals surface area contributed by atoms with E-state index in [0.29, 0.717) is 17.8 Å². The molecule has 0 fully saturated rings. The normalized spacial score (nSPS) is 12.1. The zero-order valence-corrected chi connectivity index (χ0v) is 11.8. The van der Waals surface area contributed by atoms with Crippen molar-refractivity contribution in [3.8, 4) is 0 Å². The van der Waals surface area contributed by atoms with Crippen molar-refractivity contribution >= 4 is 34.5 Å². The summed E-state index contributed by atoms with van der Waals surface area (Å²) in [7, 11) is 0. The summed E-state index contributed by atoms with van der Waals surface area (Å²) >= 11 is 7.32. The molecule has 1 atom stereocenters. The van der Waals surface area contributed by atoms with Gasteiger partial charge in [0.15, 0.2) is 0 Å². The van der Waals surface area contributed by atoms with Gasteiger partial charge in [-0.3, -0.25) is 4.79 Å². The number of hydrogen-bond donors (Lipinski definition) is 2. The quantitative estimate of drug-likeness (QED) is 0.848. The molecule has 2 heterocycles. The lowest BCUT2D eigenvalue weighted by Crippen LogP contribution is -2.28. The number of nitrogen functional groups attached to an aromatic ring is 1. The molecule has 0 radical (unpaired) electrons. The van der Waals surface area contributed by atoms with Crippen LogP contribution in [0.1, 0.15) is 28.2 Å². The van der Waals surface area contributed by atoms with Gasteiger partial charge < -0.3 is 11.1 Å². The third-order valence-corrected chi connectivity index (χ3v) is 3.80. The highest BCUT2D eigenvalue weighted by atomic mass is 35.5. The topological polar surface area (TPSA) is 80.9 Å². The minimum absolute atomic E-state index is 0.155. The highest BCUT2D eigenvalue weighted by Gasteiger charge is 2.14. The van der Waals surface area contributed by atoms with Crippen molar-refractivity contribution in [1.82, 2.24) is 15.3 Å². The van der Waals surface area contributed by atoms with Crippen molar-refractivity contribution in [2.75, 3.05) is 12.3 Å². The molecule has 1 unspecified atom stereocenters. The van der Waals surface area contributed by atoms with E-state index in [1.165, 1.54) is 12.3 Å². The summed E-state index contributed by atoms with van der Waals surface area (Å²) < 4.78 is 0. The zero-order chi connectivity index (χ0) is 13.8. The number of nitrogens with two attached hydrogens (primary N) is 1. The number of anilines is 1. The van der Waals surface area contributed by atoms with Gasteiger partial charge in [-0.2, -0.15) is 0 Å². The molecule has 0 aliphatic carbocycles. The number of nitrogens with one attached hydrogen (secondary N) is 1. The van der Waals surface area contributed by atoms with E-state index in [2.05, 4.69) is 15.3 Å². The number of halogens is 1. The van der Waals surface area contributed by atoms with Gasteiger partial charge in [-0.15, -0.1) is 11.3 Å². The van der Waals surface area contributed by atoms with Crippen LogP contribution in [-0.4, -0.2) is 22.4 Å². The molecule has 0 aliphatic rings. The van der Waals surface area contributed by atoms with E-state index in [4.69, 9.17) is 17.3 Å². The first-order chi connectivity index (χ1) is 9.08. The fourth-order valence-electron chi connectivity index (χ4n) is 1.54. The molecular formula is C12H13ClN4OS. The number of carbonyl (C=O) groups excluding carboxylic acids is 1. The average Bonchev–Trinajstić information content (AvgIpc) is 2.92. The fourth-order valence-corrected chi connectivity index (χ4v) is 2.40. The average molecular weight is 297 g/mol. The van der Waals surface area contributed by atoms with E-state index in [0.717, 1.165) is 5.01 Å². The molecular weight excluding hydrogens is 284 g/mol. The molecule has 3 N–H and O–H groups in total. The van der Waals surface area contributed by atoms with Gasteiger partial charge in [0, 0.05) is 24.0 Å². The third-order valence-electron chi connectivity index (χ3n) is 2.59. The maximum absolute atomic E-state index is 12.0. The second-order valence-corrected chi connectivity index (χ2v) is 5.39. The molecule has 0 bridgehead atoms. The second kappa shape index (κ2) is 5.99. The molecule has 1 amide bonds. The monoisotopic (exact) mass is 296 g/mol. The second-order valence-electron chi connectivity index (χ2n) is 4.08. The van der Waals surface area contributed by atoms with E-state index in [-0.39, 0.29) is 17.0 Å². The summed E-state index contributed by atoms with van der Waals surface area (Å²) in [4.78, 5) is 20.0. The Labute approximate surface area is 119 Å². The number of carbonyl (C=O) groups is 1. The highest BCUT2D eigenvalue weighted by Crippen LogP contribution is 2.18. The highest BCUT2D eigenvalue weighted by molar-refractivity contribution is 7.09. The lowest BCUT2D eigenvalue weighted by Gasteiger charge is -2.11. The Kier molecular flexibility index (Phi) is 4.34. The van der Waals surface area contributed by atoms with Crippen molar-refractivity contribution in [3.05, 3.63) is 39.6 Å².